The summed E-state index contributed by atoms with van der Waals surface area (Å²) >= 11 is 3.48. The van der Waals surface area contributed by atoms with Crippen LogP contribution in [0.4, 0.5) is 5.82 Å². The largest absolute Gasteiger partial charge is 0.384 e. The lowest BCUT2D eigenvalue weighted by atomic mass is 10.0. The van der Waals surface area contributed by atoms with Crippen LogP contribution in [0.25, 0.3) is 5.69 Å². The van der Waals surface area contributed by atoms with Crippen molar-refractivity contribution in [3.63, 3.8) is 0 Å². The second-order valence-electron chi connectivity index (χ2n) is 5.55. The molecule has 0 saturated carbocycles. The van der Waals surface area contributed by atoms with Crippen LogP contribution in [0.15, 0.2) is 27.5 Å². The summed E-state index contributed by atoms with van der Waals surface area (Å²) in [6.45, 7) is 3.96. The van der Waals surface area contributed by atoms with Gasteiger partial charge >= 0.3 is 0 Å². The van der Waals surface area contributed by atoms with Crippen molar-refractivity contribution < 1.29 is 9.59 Å². The van der Waals surface area contributed by atoms with Gasteiger partial charge in [-0.15, -0.1) is 0 Å². The van der Waals surface area contributed by atoms with Crippen molar-refractivity contribution in [2.45, 2.75) is 26.7 Å². The summed E-state index contributed by atoms with van der Waals surface area (Å²) in [6.07, 6.45) is 1.38. The van der Waals surface area contributed by atoms with E-state index in [1.54, 1.807) is 0 Å². The Morgan fingerprint density at radius 2 is 1.62 bits per heavy atom. The van der Waals surface area contributed by atoms with Gasteiger partial charge in [0, 0.05) is 10.5 Å². The number of carbonyl (C=O) groups is 2. The standard InChI is InChI=1S/C17H16BrN3O3/c1-3-8-5-10(18)6-9(4-2)14(8)21-12(22)7-11-13(15(21)19)17(24)20-16(11)23/h5-7H,3-4,19H2,1-2H3,(H,20,23,24). The number of benzene rings is 1. The van der Waals surface area contributed by atoms with Gasteiger partial charge in [-0.25, -0.2) is 0 Å². The van der Waals surface area contributed by atoms with Crippen molar-refractivity contribution in [3.05, 3.63) is 55.3 Å². The third-order valence-corrected chi connectivity index (χ3v) is 4.63. The smallest absolute Gasteiger partial charge is 0.262 e. The van der Waals surface area contributed by atoms with Crippen LogP contribution in [0.3, 0.4) is 0 Å². The van der Waals surface area contributed by atoms with Crippen LogP contribution in [-0.2, 0) is 12.8 Å². The summed E-state index contributed by atoms with van der Waals surface area (Å²) in [4.78, 5) is 36.5. The van der Waals surface area contributed by atoms with Gasteiger partial charge in [-0.05, 0) is 36.1 Å². The third kappa shape index (κ3) is 2.36. The topological polar surface area (TPSA) is 94.2 Å². The summed E-state index contributed by atoms with van der Waals surface area (Å²) < 4.78 is 2.25. The van der Waals surface area contributed by atoms with Crippen molar-refractivity contribution in [2.24, 2.45) is 0 Å². The number of nitrogens with two attached hydrogens (primary N) is 1. The Morgan fingerprint density at radius 1 is 1.04 bits per heavy atom. The van der Waals surface area contributed by atoms with E-state index in [2.05, 4.69) is 21.2 Å². The highest BCUT2D eigenvalue weighted by Gasteiger charge is 2.32. The van der Waals surface area contributed by atoms with Crippen molar-refractivity contribution >= 4 is 33.6 Å². The molecule has 2 amide bonds. The number of pyridine rings is 1. The highest BCUT2D eigenvalue weighted by Crippen LogP contribution is 2.29. The van der Waals surface area contributed by atoms with E-state index in [-0.39, 0.29) is 16.9 Å². The van der Waals surface area contributed by atoms with Crippen LogP contribution in [-0.4, -0.2) is 16.4 Å². The van der Waals surface area contributed by atoms with Crippen molar-refractivity contribution in [2.75, 3.05) is 5.73 Å². The number of nitrogens with zero attached hydrogens (tertiary/aromatic N) is 1. The average Bonchev–Trinajstić information content (AvgIpc) is 2.82. The van der Waals surface area contributed by atoms with E-state index in [1.165, 1.54) is 10.6 Å². The third-order valence-electron chi connectivity index (χ3n) is 4.17. The van der Waals surface area contributed by atoms with E-state index in [1.807, 2.05) is 26.0 Å². The van der Waals surface area contributed by atoms with Crippen LogP contribution in [0.5, 0.6) is 0 Å². The Balaban J connectivity index is 2.41. The fourth-order valence-electron chi connectivity index (χ4n) is 3.05. The average molecular weight is 390 g/mol. The molecule has 1 aromatic heterocycles. The number of halogens is 1. The number of aromatic nitrogens is 1. The Labute approximate surface area is 146 Å². The highest BCUT2D eigenvalue weighted by molar-refractivity contribution is 9.10. The van der Waals surface area contributed by atoms with E-state index >= 15 is 0 Å². The van der Waals surface area contributed by atoms with Crippen molar-refractivity contribution in [3.8, 4) is 5.69 Å². The van der Waals surface area contributed by atoms with Gasteiger partial charge in [0.05, 0.1) is 16.8 Å². The van der Waals surface area contributed by atoms with Crippen LogP contribution >= 0.6 is 15.9 Å². The van der Waals surface area contributed by atoms with Crippen LogP contribution < -0.4 is 16.6 Å². The van der Waals surface area contributed by atoms with Crippen LogP contribution in [0, 0.1) is 0 Å². The Bertz CT molecular complexity index is 922. The van der Waals surface area contributed by atoms with Gasteiger partial charge in [-0.3, -0.25) is 24.3 Å². The summed E-state index contributed by atoms with van der Waals surface area (Å²) in [6, 6.07) is 5.03. The molecule has 6 nitrogen and oxygen atoms in total. The number of hydrogen-bond acceptors (Lipinski definition) is 4. The minimum atomic E-state index is -0.590. The van der Waals surface area contributed by atoms with Crippen molar-refractivity contribution in [1.82, 2.24) is 9.88 Å². The first kappa shape index (κ1) is 16.4. The lowest BCUT2D eigenvalue weighted by molar-refractivity contribution is 0.0880. The van der Waals surface area contributed by atoms with E-state index < -0.39 is 17.4 Å². The number of amides is 2. The molecule has 24 heavy (non-hydrogen) atoms. The minimum Gasteiger partial charge on any atom is -0.384 e. The molecule has 0 fully saturated rings. The fourth-order valence-corrected chi connectivity index (χ4v) is 3.61. The van der Waals surface area contributed by atoms with E-state index in [9.17, 15) is 14.4 Å². The van der Waals surface area contributed by atoms with Gasteiger partial charge in [0.2, 0.25) is 0 Å². The molecule has 124 valence electrons. The molecular formula is C17H16BrN3O3. The molecule has 2 aromatic rings. The quantitative estimate of drug-likeness (QED) is 0.786. The van der Waals surface area contributed by atoms with Gasteiger partial charge in [0.25, 0.3) is 17.4 Å². The Morgan fingerprint density at radius 3 is 2.17 bits per heavy atom. The number of anilines is 1. The van der Waals surface area contributed by atoms with Gasteiger partial charge in [-0.1, -0.05) is 29.8 Å². The fraction of sp³-hybridized carbons (Fsp3) is 0.235. The molecule has 1 aliphatic rings. The maximum absolute atomic E-state index is 12.7. The number of aryl methyl sites for hydroxylation is 2. The molecule has 1 aromatic carbocycles. The zero-order chi connectivity index (χ0) is 17.6. The Kier molecular flexibility index (Phi) is 4.04. The number of nitrogen functional groups attached to an aromatic ring is 1. The Hall–Kier alpha value is -2.41. The number of imide groups is 1. The lowest BCUT2D eigenvalue weighted by Crippen LogP contribution is -2.26. The zero-order valence-corrected chi connectivity index (χ0v) is 14.9. The van der Waals surface area contributed by atoms with E-state index in [0.717, 1.165) is 15.6 Å². The zero-order valence-electron chi connectivity index (χ0n) is 13.3. The molecule has 0 spiro atoms. The van der Waals surface area contributed by atoms with Gasteiger partial charge in [0.1, 0.15) is 5.82 Å². The number of carbonyl (C=O) groups excluding carboxylic acids is 2. The molecule has 7 heteroatoms. The molecule has 0 radical (unpaired) electrons. The summed E-state index contributed by atoms with van der Waals surface area (Å²) in [7, 11) is 0. The maximum atomic E-state index is 12.7. The molecule has 3 rings (SSSR count). The second kappa shape index (κ2) is 5.90. The molecule has 0 bridgehead atoms. The summed E-state index contributed by atoms with van der Waals surface area (Å²) in [5.74, 6) is -1.17. The highest BCUT2D eigenvalue weighted by atomic mass is 79.9. The SMILES string of the molecule is CCc1cc(Br)cc(CC)c1-n1c(N)c2c(cc1=O)C(=O)NC2=O. The molecule has 0 unspecified atom stereocenters. The van der Waals surface area contributed by atoms with Gasteiger partial charge in [-0.2, -0.15) is 0 Å². The normalized spacial score (nSPS) is 13.1. The molecule has 0 aliphatic carbocycles. The molecule has 1 aliphatic heterocycles. The number of nitrogens with one attached hydrogen (secondary N) is 1. The first-order valence-corrected chi connectivity index (χ1v) is 8.41. The first-order chi connectivity index (χ1) is 11.4. The number of rotatable bonds is 3. The molecule has 2 heterocycles. The lowest BCUT2D eigenvalue weighted by Gasteiger charge is -2.19. The molecule has 0 saturated heterocycles. The monoisotopic (exact) mass is 389 g/mol. The summed E-state index contributed by atoms with van der Waals surface area (Å²) in [5, 5.41) is 2.18. The maximum Gasteiger partial charge on any atom is 0.262 e. The minimum absolute atomic E-state index is 0.00688. The summed E-state index contributed by atoms with van der Waals surface area (Å²) in [5.41, 5.74) is 8.35. The first-order valence-electron chi connectivity index (χ1n) is 7.61. The molecular weight excluding hydrogens is 374 g/mol. The van der Waals surface area contributed by atoms with Gasteiger partial charge in [0.15, 0.2) is 0 Å². The van der Waals surface area contributed by atoms with E-state index in [4.69, 9.17) is 5.73 Å². The van der Waals surface area contributed by atoms with E-state index in [0.29, 0.717) is 18.5 Å². The molecule has 0 atom stereocenters. The second-order valence-corrected chi connectivity index (χ2v) is 6.47. The predicted octanol–water partition coefficient (Wildman–Crippen LogP) is 2.19. The predicted molar refractivity (Wildman–Crippen MR) is 94.7 cm³/mol. The van der Waals surface area contributed by atoms with Gasteiger partial charge < -0.3 is 5.73 Å². The number of hydrogen-bond donors (Lipinski definition) is 2. The molecule has 3 N–H and O–H groups in total. The van der Waals surface area contributed by atoms with Crippen LogP contribution in [0.1, 0.15) is 45.7 Å². The van der Waals surface area contributed by atoms with Crippen molar-refractivity contribution in [1.29, 1.82) is 0 Å². The van der Waals surface area contributed by atoms with Crippen LogP contribution in [0.2, 0.25) is 0 Å². The number of fused-ring (bicyclic) bond motifs is 1.